The molecule has 0 amide bonds. The van der Waals surface area contributed by atoms with Crippen LogP contribution in [0.5, 0.6) is 0 Å². The van der Waals surface area contributed by atoms with Crippen LogP contribution in [0.15, 0.2) is 72.8 Å². The van der Waals surface area contributed by atoms with Gasteiger partial charge in [0.15, 0.2) is 5.78 Å². The van der Waals surface area contributed by atoms with Crippen LogP contribution < -0.4 is 0 Å². The normalized spacial score (nSPS) is 12.2. The van der Waals surface area contributed by atoms with Crippen LogP contribution in [0.1, 0.15) is 41.6 Å². The molecule has 0 saturated carbocycles. The van der Waals surface area contributed by atoms with Crippen LogP contribution in [0.4, 0.5) is 0 Å². The lowest BCUT2D eigenvalue weighted by molar-refractivity contribution is 0.0973. The molecule has 0 aliphatic rings. The highest BCUT2D eigenvalue weighted by molar-refractivity contribution is 6.00. The fourth-order valence-electron chi connectivity index (χ4n) is 2.93. The molecular formula is C21H20O. The summed E-state index contributed by atoms with van der Waals surface area (Å²) in [5.41, 5.74) is 2.06. The number of ketones is 1. The van der Waals surface area contributed by atoms with E-state index in [0.29, 0.717) is 12.3 Å². The number of hydrogen-bond acceptors (Lipinski definition) is 1. The van der Waals surface area contributed by atoms with Crippen molar-refractivity contribution in [2.24, 2.45) is 0 Å². The van der Waals surface area contributed by atoms with Crippen LogP contribution in [-0.4, -0.2) is 5.78 Å². The topological polar surface area (TPSA) is 17.1 Å². The molecule has 0 fully saturated rings. The SMILES string of the molecule is CC[C@H](CC(=O)c1ccc2ccccc2c1)c1ccccc1. The van der Waals surface area contributed by atoms with Crippen molar-refractivity contribution in [1.29, 1.82) is 0 Å². The van der Waals surface area contributed by atoms with E-state index in [0.717, 1.165) is 17.4 Å². The summed E-state index contributed by atoms with van der Waals surface area (Å²) in [7, 11) is 0. The van der Waals surface area contributed by atoms with Crippen molar-refractivity contribution < 1.29 is 4.79 Å². The second-order valence-electron chi connectivity index (χ2n) is 5.71. The Hall–Kier alpha value is -2.41. The van der Waals surface area contributed by atoms with E-state index in [2.05, 4.69) is 31.2 Å². The zero-order chi connectivity index (χ0) is 15.4. The predicted molar refractivity (Wildman–Crippen MR) is 92.4 cm³/mol. The Kier molecular flexibility index (Phi) is 4.34. The first-order chi connectivity index (χ1) is 10.8. The molecule has 0 unspecified atom stereocenters. The Morgan fingerprint density at radius 1 is 0.864 bits per heavy atom. The highest BCUT2D eigenvalue weighted by Gasteiger charge is 2.15. The van der Waals surface area contributed by atoms with Crippen molar-refractivity contribution >= 4 is 16.6 Å². The maximum Gasteiger partial charge on any atom is 0.163 e. The van der Waals surface area contributed by atoms with E-state index in [-0.39, 0.29) is 5.78 Å². The summed E-state index contributed by atoms with van der Waals surface area (Å²) in [4.78, 5) is 12.6. The summed E-state index contributed by atoms with van der Waals surface area (Å²) in [6.45, 7) is 2.14. The summed E-state index contributed by atoms with van der Waals surface area (Å²) in [6, 6.07) is 24.5. The molecule has 3 rings (SSSR count). The number of carbonyl (C=O) groups is 1. The van der Waals surface area contributed by atoms with E-state index < -0.39 is 0 Å². The average Bonchev–Trinajstić information content (AvgIpc) is 2.59. The smallest absolute Gasteiger partial charge is 0.163 e. The van der Waals surface area contributed by atoms with Gasteiger partial charge in [-0.2, -0.15) is 0 Å². The first-order valence-corrected chi connectivity index (χ1v) is 7.85. The van der Waals surface area contributed by atoms with E-state index in [1.54, 1.807) is 0 Å². The molecule has 1 heteroatoms. The molecule has 0 aliphatic carbocycles. The third-order valence-corrected chi connectivity index (χ3v) is 4.27. The molecular weight excluding hydrogens is 268 g/mol. The monoisotopic (exact) mass is 288 g/mol. The Morgan fingerprint density at radius 2 is 1.55 bits per heavy atom. The maximum absolute atomic E-state index is 12.6. The van der Waals surface area contributed by atoms with Crippen molar-refractivity contribution in [2.75, 3.05) is 0 Å². The van der Waals surface area contributed by atoms with Crippen molar-refractivity contribution in [1.82, 2.24) is 0 Å². The molecule has 0 N–H and O–H groups in total. The summed E-state index contributed by atoms with van der Waals surface area (Å²) in [6.07, 6.45) is 1.54. The van der Waals surface area contributed by atoms with Gasteiger partial charge in [-0.15, -0.1) is 0 Å². The van der Waals surface area contributed by atoms with E-state index in [9.17, 15) is 4.79 Å². The van der Waals surface area contributed by atoms with Crippen LogP contribution in [0.3, 0.4) is 0 Å². The van der Waals surface area contributed by atoms with Gasteiger partial charge in [-0.1, -0.05) is 73.7 Å². The van der Waals surface area contributed by atoms with Crippen LogP contribution in [0.2, 0.25) is 0 Å². The molecule has 0 bridgehead atoms. The molecule has 3 aromatic carbocycles. The van der Waals surface area contributed by atoms with Gasteiger partial charge in [0, 0.05) is 12.0 Å². The molecule has 0 saturated heterocycles. The number of Topliss-reactive ketones (excluding diaryl/α,β-unsaturated/α-hetero) is 1. The number of hydrogen-bond donors (Lipinski definition) is 0. The highest BCUT2D eigenvalue weighted by Crippen LogP contribution is 2.26. The molecule has 0 radical (unpaired) electrons. The third kappa shape index (κ3) is 3.09. The molecule has 0 aromatic heterocycles. The Morgan fingerprint density at radius 3 is 2.27 bits per heavy atom. The minimum absolute atomic E-state index is 0.224. The third-order valence-electron chi connectivity index (χ3n) is 4.27. The van der Waals surface area contributed by atoms with Gasteiger partial charge in [0.25, 0.3) is 0 Å². The quantitative estimate of drug-likeness (QED) is 0.558. The molecule has 110 valence electrons. The van der Waals surface area contributed by atoms with Crippen LogP contribution in [0.25, 0.3) is 10.8 Å². The first kappa shape index (κ1) is 14.5. The Bertz CT molecular complexity index is 774. The summed E-state index contributed by atoms with van der Waals surface area (Å²) < 4.78 is 0. The lowest BCUT2D eigenvalue weighted by Crippen LogP contribution is -2.07. The minimum atomic E-state index is 0.224. The standard InChI is InChI=1S/C21H20O/c1-2-16(17-8-4-3-5-9-17)15-21(22)20-13-12-18-10-6-7-11-19(18)14-20/h3-14,16H,2,15H2,1H3/t16-/m1/s1. The fraction of sp³-hybridized carbons (Fsp3) is 0.190. The van der Waals surface area contributed by atoms with Crippen molar-refractivity contribution in [3.63, 3.8) is 0 Å². The lowest BCUT2D eigenvalue weighted by atomic mass is 9.89. The Labute approximate surface area is 131 Å². The summed E-state index contributed by atoms with van der Waals surface area (Å²) >= 11 is 0. The largest absolute Gasteiger partial charge is 0.294 e. The lowest BCUT2D eigenvalue weighted by Gasteiger charge is -2.14. The van der Waals surface area contributed by atoms with Crippen molar-refractivity contribution in [2.45, 2.75) is 25.7 Å². The Balaban J connectivity index is 1.83. The number of benzene rings is 3. The summed E-state index contributed by atoms with van der Waals surface area (Å²) in [5.74, 6) is 0.515. The molecule has 3 aromatic rings. The van der Waals surface area contributed by atoms with Gasteiger partial charge >= 0.3 is 0 Å². The van der Waals surface area contributed by atoms with Gasteiger partial charge in [-0.3, -0.25) is 4.79 Å². The predicted octanol–water partition coefficient (Wildman–Crippen LogP) is 5.61. The van der Waals surface area contributed by atoms with Gasteiger partial charge in [-0.05, 0) is 34.7 Å². The van der Waals surface area contributed by atoms with E-state index >= 15 is 0 Å². The maximum atomic E-state index is 12.6. The van der Waals surface area contributed by atoms with Crippen molar-refractivity contribution in [3.05, 3.63) is 83.9 Å². The zero-order valence-corrected chi connectivity index (χ0v) is 12.8. The molecule has 0 heterocycles. The van der Waals surface area contributed by atoms with Crippen molar-refractivity contribution in [3.8, 4) is 0 Å². The molecule has 22 heavy (non-hydrogen) atoms. The van der Waals surface area contributed by atoms with Crippen LogP contribution in [0, 0.1) is 0 Å². The van der Waals surface area contributed by atoms with Gasteiger partial charge in [0.2, 0.25) is 0 Å². The summed E-state index contributed by atoms with van der Waals surface area (Å²) in [5, 5.41) is 2.30. The number of fused-ring (bicyclic) bond motifs is 1. The van der Waals surface area contributed by atoms with E-state index in [4.69, 9.17) is 0 Å². The second-order valence-corrected chi connectivity index (χ2v) is 5.71. The van der Waals surface area contributed by atoms with Gasteiger partial charge < -0.3 is 0 Å². The first-order valence-electron chi connectivity index (χ1n) is 7.85. The van der Waals surface area contributed by atoms with Crippen LogP contribution in [-0.2, 0) is 0 Å². The minimum Gasteiger partial charge on any atom is -0.294 e. The van der Waals surface area contributed by atoms with Gasteiger partial charge in [0.05, 0.1) is 0 Å². The van der Waals surface area contributed by atoms with E-state index in [1.165, 1.54) is 10.9 Å². The number of rotatable bonds is 5. The molecule has 0 aliphatic heterocycles. The second kappa shape index (κ2) is 6.57. The molecule has 1 nitrogen and oxygen atoms in total. The van der Waals surface area contributed by atoms with Crippen LogP contribution >= 0.6 is 0 Å². The molecule has 0 spiro atoms. The van der Waals surface area contributed by atoms with Gasteiger partial charge in [-0.25, -0.2) is 0 Å². The molecule has 1 atom stereocenters. The fourth-order valence-corrected chi connectivity index (χ4v) is 2.93. The highest BCUT2D eigenvalue weighted by atomic mass is 16.1. The zero-order valence-electron chi connectivity index (χ0n) is 12.8. The van der Waals surface area contributed by atoms with Gasteiger partial charge in [0.1, 0.15) is 0 Å². The van der Waals surface area contributed by atoms with E-state index in [1.807, 2.05) is 48.5 Å². The average molecular weight is 288 g/mol. The number of carbonyl (C=O) groups excluding carboxylic acids is 1.